The minimum Gasteiger partial charge on any atom is -0.239 e. The molecule has 1 aromatic heterocycles. The molecule has 8 heteroatoms. The van der Waals surface area contributed by atoms with Crippen LogP contribution in [0.15, 0.2) is 6.07 Å². The highest BCUT2D eigenvalue weighted by Gasteiger charge is 2.35. The summed E-state index contributed by atoms with van der Waals surface area (Å²) >= 11 is 2.71. The second-order valence-corrected chi connectivity index (χ2v) is 3.36. The lowest BCUT2D eigenvalue weighted by Crippen LogP contribution is -2.12. The summed E-state index contributed by atoms with van der Waals surface area (Å²) in [6, 6.07) is 0.399. The number of hydrogen-bond acceptors (Lipinski definition) is 1. The Labute approximate surface area is 94.6 Å². The largest absolute Gasteiger partial charge is 0.433 e. The van der Waals surface area contributed by atoms with Crippen molar-refractivity contribution in [1.29, 1.82) is 0 Å². The van der Waals surface area contributed by atoms with Crippen LogP contribution < -0.4 is 0 Å². The van der Waals surface area contributed by atoms with E-state index < -0.39 is 35.4 Å². The summed E-state index contributed by atoms with van der Waals surface area (Å²) in [5, 5.41) is -0.301. The van der Waals surface area contributed by atoms with Crippen molar-refractivity contribution in [3.63, 3.8) is 0 Å². The van der Waals surface area contributed by atoms with Gasteiger partial charge >= 0.3 is 6.18 Å². The van der Waals surface area contributed by atoms with Crippen LogP contribution in [0, 0.1) is 5.82 Å². The lowest BCUT2D eigenvalue weighted by molar-refractivity contribution is -0.141. The molecule has 0 radical (unpaired) electrons. The standard InChI is InChI=1S/C8H4BrF6N/c9-2-3-1-4(8(13,14)15)16-6(5(3)10)7(11)12/h1,7H,2H2. The van der Waals surface area contributed by atoms with Gasteiger partial charge in [0.1, 0.15) is 11.4 Å². The molecule has 0 atom stereocenters. The number of pyridine rings is 1. The first kappa shape index (κ1) is 13.3. The molecule has 1 heterocycles. The van der Waals surface area contributed by atoms with E-state index in [2.05, 4.69) is 20.9 Å². The second-order valence-electron chi connectivity index (χ2n) is 2.80. The number of aromatic nitrogens is 1. The fourth-order valence-corrected chi connectivity index (χ4v) is 1.40. The van der Waals surface area contributed by atoms with Gasteiger partial charge < -0.3 is 0 Å². The summed E-state index contributed by atoms with van der Waals surface area (Å²) in [6.07, 6.45) is -8.27. The van der Waals surface area contributed by atoms with E-state index in [0.29, 0.717) is 6.07 Å². The van der Waals surface area contributed by atoms with Crippen molar-refractivity contribution in [1.82, 2.24) is 4.98 Å². The van der Waals surface area contributed by atoms with Crippen LogP contribution in [0.5, 0.6) is 0 Å². The summed E-state index contributed by atoms with van der Waals surface area (Å²) in [5.74, 6) is -1.42. The lowest BCUT2D eigenvalue weighted by atomic mass is 10.2. The first-order valence-electron chi connectivity index (χ1n) is 3.88. The van der Waals surface area contributed by atoms with Crippen LogP contribution in [-0.4, -0.2) is 4.98 Å². The van der Waals surface area contributed by atoms with Gasteiger partial charge in [-0.3, -0.25) is 0 Å². The Morgan fingerprint density at radius 1 is 1.31 bits per heavy atom. The van der Waals surface area contributed by atoms with Crippen LogP contribution in [0.2, 0.25) is 0 Å². The number of alkyl halides is 6. The molecular formula is C8H4BrF6N. The van der Waals surface area contributed by atoms with Crippen molar-refractivity contribution in [2.24, 2.45) is 0 Å². The summed E-state index contributed by atoms with van der Waals surface area (Å²) < 4.78 is 74.3. The third-order valence-corrected chi connectivity index (χ3v) is 2.30. The summed E-state index contributed by atoms with van der Waals surface area (Å²) in [5.41, 5.74) is -3.51. The molecule has 1 rings (SSSR count). The molecule has 0 saturated carbocycles. The normalized spacial score (nSPS) is 12.2. The average molecular weight is 308 g/mol. The maximum absolute atomic E-state index is 13.2. The van der Waals surface area contributed by atoms with Gasteiger partial charge in [0.2, 0.25) is 0 Å². The van der Waals surface area contributed by atoms with Gasteiger partial charge in [-0.25, -0.2) is 18.2 Å². The second kappa shape index (κ2) is 4.60. The molecule has 1 nitrogen and oxygen atoms in total. The molecule has 90 valence electrons. The van der Waals surface area contributed by atoms with E-state index in [9.17, 15) is 26.3 Å². The third-order valence-electron chi connectivity index (χ3n) is 1.70. The van der Waals surface area contributed by atoms with Crippen LogP contribution in [0.25, 0.3) is 0 Å². The maximum Gasteiger partial charge on any atom is 0.433 e. The van der Waals surface area contributed by atoms with E-state index in [1.54, 1.807) is 0 Å². The van der Waals surface area contributed by atoms with Gasteiger partial charge in [-0.05, 0) is 6.07 Å². The van der Waals surface area contributed by atoms with E-state index in [1.807, 2.05) is 0 Å². The van der Waals surface area contributed by atoms with Gasteiger partial charge in [-0.15, -0.1) is 0 Å². The number of rotatable bonds is 2. The Morgan fingerprint density at radius 2 is 1.88 bits per heavy atom. The number of nitrogens with zero attached hydrogens (tertiary/aromatic N) is 1. The van der Waals surface area contributed by atoms with E-state index in [1.165, 1.54) is 0 Å². The monoisotopic (exact) mass is 307 g/mol. The molecule has 0 aliphatic rings. The first-order valence-corrected chi connectivity index (χ1v) is 5.00. The minimum absolute atomic E-state index is 0.301. The molecule has 0 aromatic carbocycles. The van der Waals surface area contributed by atoms with Crippen LogP contribution in [0.4, 0.5) is 26.3 Å². The van der Waals surface area contributed by atoms with Crippen LogP contribution in [0.1, 0.15) is 23.4 Å². The van der Waals surface area contributed by atoms with E-state index in [0.717, 1.165) is 0 Å². The zero-order chi connectivity index (χ0) is 12.5. The van der Waals surface area contributed by atoms with Crippen molar-refractivity contribution >= 4 is 15.9 Å². The van der Waals surface area contributed by atoms with Crippen molar-refractivity contribution in [3.8, 4) is 0 Å². The Morgan fingerprint density at radius 3 is 2.25 bits per heavy atom. The molecule has 16 heavy (non-hydrogen) atoms. The molecule has 0 spiro atoms. The number of halogens is 7. The molecule has 0 fully saturated rings. The molecule has 0 bridgehead atoms. The summed E-state index contributed by atoms with van der Waals surface area (Å²) in [4.78, 5) is 2.58. The van der Waals surface area contributed by atoms with Gasteiger partial charge in [-0.2, -0.15) is 13.2 Å². The zero-order valence-corrected chi connectivity index (χ0v) is 9.04. The SMILES string of the molecule is Fc1c(CBr)cc(C(F)(F)F)nc1C(F)F. The minimum atomic E-state index is -4.88. The maximum atomic E-state index is 13.2. The molecule has 0 unspecified atom stereocenters. The lowest BCUT2D eigenvalue weighted by Gasteiger charge is -2.11. The third kappa shape index (κ3) is 2.66. The van der Waals surface area contributed by atoms with E-state index >= 15 is 0 Å². The summed E-state index contributed by atoms with van der Waals surface area (Å²) in [7, 11) is 0. The summed E-state index contributed by atoms with van der Waals surface area (Å²) in [6.45, 7) is 0. The van der Waals surface area contributed by atoms with E-state index in [4.69, 9.17) is 0 Å². The molecule has 0 aliphatic carbocycles. The van der Waals surface area contributed by atoms with Crippen molar-refractivity contribution in [3.05, 3.63) is 28.8 Å². The molecule has 0 amide bonds. The Kier molecular flexibility index (Phi) is 3.82. The molecule has 0 N–H and O–H groups in total. The van der Waals surface area contributed by atoms with Crippen LogP contribution in [0.3, 0.4) is 0 Å². The zero-order valence-electron chi connectivity index (χ0n) is 7.45. The van der Waals surface area contributed by atoms with Gasteiger partial charge in [0.25, 0.3) is 6.43 Å². The smallest absolute Gasteiger partial charge is 0.239 e. The van der Waals surface area contributed by atoms with Gasteiger partial charge in [0.05, 0.1) is 0 Å². The van der Waals surface area contributed by atoms with Crippen LogP contribution in [-0.2, 0) is 11.5 Å². The Hall–Kier alpha value is -0.790. The predicted octanol–water partition coefficient (Wildman–Crippen LogP) is 4.07. The fraction of sp³-hybridized carbons (Fsp3) is 0.375. The van der Waals surface area contributed by atoms with Gasteiger partial charge in [-0.1, -0.05) is 15.9 Å². The Bertz CT molecular complexity index is 389. The van der Waals surface area contributed by atoms with Crippen molar-refractivity contribution in [2.75, 3.05) is 0 Å². The molecular weight excluding hydrogens is 304 g/mol. The van der Waals surface area contributed by atoms with Crippen LogP contribution >= 0.6 is 15.9 Å². The molecule has 0 saturated heterocycles. The van der Waals surface area contributed by atoms with Crippen molar-refractivity contribution < 1.29 is 26.3 Å². The average Bonchev–Trinajstić information content (AvgIpc) is 2.15. The predicted molar refractivity (Wildman–Crippen MR) is 46.8 cm³/mol. The Balaban J connectivity index is 3.40. The van der Waals surface area contributed by atoms with E-state index in [-0.39, 0.29) is 5.33 Å². The van der Waals surface area contributed by atoms with Crippen molar-refractivity contribution in [2.45, 2.75) is 17.9 Å². The molecule has 0 aliphatic heterocycles. The van der Waals surface area contributed by atoms with Gasteiger partial charge in [0, 0.05) is 10.9 Å². The first-order chi connectivity index (χ1) is 7.27. The highest BCUT2D eigenvalue weighted by atomic mass is 79.9. The fourth-order valence-electron chi connectivity index (χ4n) is 0.991. The highest BCUT2D eigenvalue weighted by Crippen LogP contribution is 2.32. The quantitative estimate of drug-likeness (QED) is 0.593. The molecule has 1 aromatic rings. The van der Waals surface area contributed by atoms with Gasteiger partial charge in [0.15, 0.2) is 5.82 Å². The topological polar surface area (TPSA) is 12.9 Å². The number of hydrogen-bond donors (Lipinski definition) is 0. The highest BCUT2D eigenvalue weighted by molar-refractivity contribution is 9.08.